The third kappa shape index (κ3) is 4.27. The van der Waals surface area contributed by atoms with Crippen LogP contribution in [0.5, 0.6) is 11.5 Å². The van der Waals surface area contributed by atoms with E-state index in [1.165, 1.54) is 0 Å². The summed E-state index contributed by atoms with van der Waals surface area (Å²) in [5, 5.41) is 5.36. The van der Waals surface area contributed by atoms with Gasteiger partial charge in [-0.3, -0.25) is 9.59 Å². The van der Waals surface area contributed by atoms with Crippen LogP contribution in [0, 0.1) is 0 Å². The second-order valence-corrected chi connectivity index (χ2v) is 5.55. The Hall–Kier alpha value is -3.60. The average Bonchev–Trinajstić information content (AvgIpc) is 2.69. The maximum Gasteiger partial charge on any atom is 0.255 e. The lowest BCUT2D eigenvalue weighted by molar-refractivity contribution is 0.0962. The lowest BCUT2D eigenvalue weighted by Crippen LogP contribution is -2.17. The molecule has 0 spiro atoms. The van der Waals surface area contributed by atoms with Crippen LogP contribution in [0.3, 0.4) is 0 Å². The van der Waals surface area contributed by atoms with E-state index in [1.54, 1.807) is 55.6 Å². The Balaban J connectivity index is 1.70. The van der Waals surface area contributed by atoms with Crippen molar-refractivity contribution >= 4 is 17.5 Å². The number of hydrogen-bond donors (Lipinski definition) is 2. The molecule has 0 saturated heterocycles. The molecule has 0 saturated carbocycles. The Bertz CT molecular complexity index is 906. The molecule has 3 rings (SSSR count). The summed E-state index contributed by atoms with van der Waals surface area (Å²) in [6.07, 6.45) is 0. The van der Waals surface area contributed by atoms with E-state index in [0.29, 0.717) is 28.3 Å². The van der Waals surface area contributed by atoms with Gasteiger partial charge in [-0.1, -0.05) is 24.3 Å². The molecule has 26 heavy (non-hydrogen) atoms. The number of rotatable bonds is 5. The zero-order chi connectivity index (χ0) is 18.4. The molecule has 0 aliphatic heterocycles. The number of anilines is 1. The average molecular weight is 346 g/mol. The van der Waals surface area contributed by atoms with E-state index in [-0.39, 0.29) is 11.8 Å². The van der Waals surface area contributed by atoms with Crippen LogP contribution in [0.25, 0.3) is 0 Å². The number of nitrogens with one attached hydrogen (secondary N) is 2. The van der Waals surface area contributed by atoms with Crippen molar-refractivity contribution in [1.29, 1.82) is 0 Å². The molecule has 0 aliphatic carbocycles. The van der Waals surface area contributed by atoms with Crippen LogP contribution >= 0.6 is 0 Å². The fourth-order valence-electron chi connectivity index (χ4n) is 2.38. The normalized spacial score (nSPS) is 10.0. The zero-order valence-corrected chi connectivity index (χ0v) is 14.2. The smallest absolute Gasteiger partial charge is 0.255 e. The largest absolute Gasteiger partial charge is 0.457 e. The van der Waals surface area contributed by atoms with E-state index < -0.39 is 0 Å². The Labute approximate surface area is 151 Å². The number of benzene rings is 3. The highest BCUT2D eigenvalue weighted by atomic mass is 16.5. The first-order valence-corrected chi connectivity index (χ1v) is 8.12. The molecule has 5 nitrogen and oxygen atoms in total. The fourth-order valence-corrected chi connectivity index (χ4v) is 2.38. The Morgan fingerprint density at radius 3 is 2.12 bits per heavy atom. The van der Waals surface area contributed by atoms with Gasteiger partial charge in [-0.2, -0.15) is 0 Å². The lowest BCUT2D eigenvalue weighted by Gasteiger charge is -2.09. The topological polar surface area (TPSA) is 67.4 Å². The second-order valence-electron chi connectivity index (χ2n) is 5.55. The maximum atomic E-state index is 12.4. The van der Waals surface area contributed by atoms with Crippen LogP contribution in [-0.4, -0.2) is 18.9 Å². The van der Waals surface area contributed by atoms with Gasteiger partial charge in [0.1, 0.15) is 11.5 Å². The van der Waals surface area contributed by atoms with Gasteiger partial charge in [0.2, 0.25) is 0 Å². The third-order valence-corrected chi connectivity index (χ3v) is 3.71. The number of carbonyl (C=O) groups excluding carboxylic acids is 2. The van der Waals surface area contributed by atoms with Gasteiger partial charge in [0.05, 0.1) is 0 Å². The molecule has 3 aromatic carbocycles. The van der Waals surface area contributed by atoms with Crippen molar-refractivity contribution in [1.82, 2.24) is 5.32 Å². The molecule has 130 valence electrons. The van der Waals surface area contributed by atoms with Gasteiger partial charge in [0.15, 0.2) is 0 Å². The van der Waals surface area contributed by atoms with Crippen molar-refractivity contribution in [3.8, 4) is 11.5 Å². The molecule has 5 heteroatoms. The van der Waals surface area contributed by atoms with Crippen molar-refractivity contribution in [3.63, 3.8) is 0 Å². The molecule has 0 aliphatic rings. The Morgan fingerprint density at radius 2 is 1.42 bits per heavy atom. The summed E-state index contributed by atoms with van der Waals surface area (Å²) >= 11 is 0. The Morgan fingerprint density at radius 1 is 0.731 bits per heavy atom. The third-order valence-electron chi connectivity index (χ3n) is 3.71. The zero-order valence-electron chi connectivity index (χ0n) is 14.2. The predicted octanol–water partition coefficient (Wildman–Crippen LogP) is 4.09. The summed E-state index contributed by atoms with van der Waals surface area (Å²) in [5.41, 5.74) is 1.62. The molecule has 0 bridgehead atoms. The van der Waals surface area contributed by atoms with Crippen LogP contribution in [0.2, 0.25) is 0 Å². The first-order chi connectivity index (χ1) is 12.7. The van der Waals surface area contributed by atoms with Gasteiger partial charge in [-0.25, -0.2) is 0 Å². The molecule has 0 aromatic heterocycles. The van der Waals surface area contributed by atoms with Gasteiger partial charge in [-0.05, 0) is 54.6 Å². The van der Waals surface area contributed by atoms with E-state index in [0.717, 1.165) is 0 Å². The van der Waals surface area contributed by atoms with Gasteiger partial charge in [0, 0.05) is 23.9 Å². The molecule has 0 heterocycles. The Kier molecular flexibility index (Phi) is 5.29. The first kappa shape index (κ1) is 17.2. The summed E-state index contributed by atoms with van der Waals surface area (Å²) in [6, 6.07) is 23.0. The summed E-state index contributed by atoms with van der Waals surface area (Å²) < 4.78 is 5.75. The van der Waals surface area contributed by atoms with E-state index >= 15 is 0 Å². The number of carbonyl (C=O) groups is 2. The van der Waals surface area contributed by atoms with Crippen molar-refractivity contribution in [2.45, 2.75) is 0 Å². The van der Waals surface area contributed by atoms with Gasteiger partial charge in [-0.15, -0.1) is 0 Å². The van der Waals surface area contributed by atoms with E-state index in [2.05, 4.69) is 10.6 Å². The van der Waals surface area contributed by atoms with Crippen molar-refractivity contribution in [3.05, 3.63) is 90.0 Å². The first-order valence-electron chi connectivity index (χ1n) is 8.12. The summed E-state index contributed by atoms with van der Waals surface area (Å²) in [4.78, 5) is 24.0. The molecule has 0 radical (unpaired) electrons. The number of hydrogen-bond acceptors (Lipinski definition) is 3. The standard InChI is InChI=1S/C21H18N2O3/c1-22-20(24)15-10-12-17(13-11-15)23-21(25)16-6-5-9-19(14-16)26-18-7-3-2-4-8-18/h2-14H,1H3,(H,22,24)(H,23,25). The minimum Gasteiger partial charge on any atom is -0.457 e. The molecule has 3 aromatic rings. The second kappa shape index (κ2) is 7.98. The summed E-state index contributed by atoms with van der Waals surface area (Å²) in [6.45, 7) is 0. The fraction of sp³-hybridized carbons (Fsp3) is 0.0476. The van der Waals surface area contributed by atoms with Crippen LogP contribution in [0.15, 0.2) is 78.9 Å². The van der Waals surface area contributed by atoms with E-state index in [4.69, 9.17) is 4.74 Å². The van der Waals surface area contributed by atoms with Crippen molar-refractivity contribution in [2.24, 2.45) is 0 Å². The predicted molar refractivity (Wildman–Crippen MR) is 101 cm³/mol. The lowest BCUT2D eigenvalue weighted by atomic mass is 10.1. The molecule has 0 fully saturated rings. The highest BCUT2D eigenvalue weighted by Crippen LogP contribution is 2.22. The van der Waals surface area contributed by atoms with E-state index in [9.17, 15) is 9.59 Å². The molecule has 2 amide bonds. The number of amides is 2. The van der Waals surface area contributed by atoms with Crippen LogP contribution in [0.1, 0.15) is 20.7 Å². The molecule has 0 unspecified atom stereocenters. The minimum absolute atomic E-state index is 0.173. The molecule has 2 N–H and O–H groups in total. The van der Waals surface area contributed by atoms with Crippen LogP contribution in [0.4, 0.5) is 5.69 Å². The summed E-state index contributed by atoms with van der Waals surface area (Å²) in [7, 11) is 1.57. The number of ether oxygens (including phenoxy) is 1. The van der Waals surface area contributed by atoms with Crippen LogP contribution in [-0.2, 0) is 0 Å². The SMILES string of the molecule is CNC(=O)c1ccc(NC(=O)c2cccc(Oc3ccccc3)c2)cc1. The molecular formula is C21H18N2O3. The summed E-state index contributed by atoms with van der Waals surface area (Å²) in [5.74, 6) is 0.860. The highest BCUT2D eigenvalue weighted by molar-refractivity contribution is 6.04. The van der Waals surface area contributed by atoms with Crippen molar-refractivity contribution < 1.29 is 14.3 Å². The van der Waals surface area contributed by atoms with Gasteiger partial charge >= 0.3 is 0 Å². The highest BCUT2D eigenvalue weighted by Gasteiger charge is 2.09. The van der Waals surface area contributed by atoms with Crippen LogP contribution < -0.4 is 15.4 Å². The number of para-hydroxylation sites is 1. The molecular weight excluding hydrogens is 328 g/mol. The van der Waals surface area contributed by atoms with Gasteiger partial charge in [0.25, 0.3) is 11.8 Å². The minimum atomic E-state index is -0.254. The monoisotopic (exact) mass is 346 g/mol. The van der Waals surface area contributed by atoms with Gasteiger partial charge < -0.3 is 15.4 Å². The van der Waals surface area contributed by atoms with E-state index in [1.807, 2.05) is 30.3 Å². The molecule has 0 atom stereocenters. The quantitative estimate of drug-likeness (QED) is 0.731. The van der Waals surface area contributed by atoms with Crippen molar-refractivity contribution in [2.75, 3.05) is 12.4 Å². The maximum absolute atomic E-state index is 12.4.